The molecule has 1 aliphatic rings. The Bertz CT molecular complexity index is 186. The first-order valence-corrected chi connectivity index (χ1v) is 6.15. The van der Waals surface area contributed by atoms with Crippen LogP contribution in [0.5, 0.6) is 0 Å². The molecular formula is C12H24N2O. The van der Waals surface area contributed by atoms with E-state index in [-0.39, 0.29) is 0 Å². The van der Waals surface area contributed by atoms with Crippen molar-refractivity contribution in [1.82, 2.24) is 10.2 Å². The predicted octanol–water partition coefficient (Wildman–Crippen LogP) is 1.63. The molecule has 3 nitrogen and oxygen atoms in total. The summed E-state index contributed by atoms with van der Waals surface area (Å²) in [7, 11) is 3.84. The molecule has 1 aliphatic carbocycles. The van der Waals surface area contributed by atoms with Crippen LogP contribution < -0.4 is 5.32 Å². The van der Waals surface area contributed by atoms with E-state index >= 15 is 0 Å². The van der Waals surface area contributed by atoms with E-state index in [1.165, 1.54) is 25.7 Å². The molecule has 1 amide bonds. The molecule has 0 saturated heterocycles. The van der Waals surface area contributed by atoms with Gasteiger partial charge in [-0.15, -0.1) is 0 Å². The summed E-state index contributed by atoms with van der Waals surface area (Å²) < 4.78 is 0. The Labute approximate surface area is 93.2 Å². The van der Waals surface area contributed by atoms with Gasteiger partial charge in [-0.1, -0.05) is 25.7 Å². The molecule has 0 spiro atoms. The average molecular weight is 212 g/mol. The van der Waals surface area contributed by atoms with Crippen LogP contribution in [0.25, 0.3) is 0 Å². The molecule has 0 radical (unpaired) electrons. The Hall–Kier alpha value is -0.570. The Morgan fingerprint density at radius 2 is 1.87 bits per heavy atom. The first-order valence-electron chi connectivity index (χ1n) is 6.15. The lowest BCUT2D eigenvalue weighted by atomic mass is 9.99. The molecule has 3 heteroatoms. The maximum Gasteiger partial charge on any atom is 0.225 e. The first kappa shape index (κ1) is 12.5. The van der Waals surface area contributed by atoms with Gasteiger partial charge in [-0.2, -0.15) is 0 Å². The lowest BCUT2D eigenvalue weighted by Crippen LogP contribution is -2.36. The van der Waals surface area contributed by atoms with Gasteiger partial charge in [0.05, 0.1) is 0 Å². The van der Waals surface area contributed by atoms with Crippen LogP contribution in [0.1, 0.15) is 38.5 Å². The van der Waals surface area contributed by atoms with Crippen molar-refractivity contribution >= 4 is 5.91 Å². The fraction of sp³-hybridized carbons (Fsp3) is 0.917. The van der Waals surface area contributed by atoms with Gasteiger partial charge in [-0.05, 0) is 19.9 Å². The van der Waals surface area contributed by atoms with Crippen LogP contribution in [-0.4, -0.2) is 38.0 Å². The molecule has 0 aromatic carbocycles. The zero-order chi connectivity index (χ0) is 11.1. The minimum atomic E-state index is 0.300. The van der Waals surface area contributed by atoms with Crippen LogP contribution in [0.15, 0.2) is 0 Å². The van der Waals surface area contributed by atoms with Crippen LogP contribution in [0.2, 0.25) is 0 Å². The molecule has 0 heterocycles. The van der Waals surface area contributed by atoms with Gasteiger partial charge in [0.1, 0.15) is 0 Å². The zero-order valence-corrected chi connectivity index (χ0v) is 10.1. The SMILES string of the molecule is CNCCN(C)C(=O)C1CCCCCC1. The molecule has 88 valence electrons. The summed E-state index contributed by atoms with van der Waals surface area (Å²) in [5, 5.41) is 3.07. The van der Waals surface area contributed by atoms with Crippen LogP contribution in [-0.2, 0) is 4.79 Å². The van der Waals surface area contributed by atoms with E-state index < -0.39 is 0 Å². The number of nitrogens with one attached hydrogen (secondary N) is 1. The summed E-state index contributed by atoms with van der Waals surface area (Å²) in [6.45, 7) is 1.71. The second-order valence-electron chi connectivity index (χ2n) is 4.55. The molecule has 15 heavy (non-hydrogen) atoms. The summed E-state index contributed by atoms with van der Waals surface area (Å²) in [6, 6.07) is 0. The number of rotatable bonds is 4. The van der Waals surface area contributed by atoms with Crippen LogP contribution in [0.4, 0.5) is 0 Å². The normalized spacial score (nSPS) is 18.5. The summed E-state index contributed by atoms with van der Waals surface area (Å²) in [4.78, 5) is 13.9. The lowest BCUT2D eigenvalue weighted by Gasteiger charge is -2.22. The topological polar surface area (TPSA) is 32.3 Å². The molecule has 0 aliphatic heterocycles. The molecule has 1 fully saturated rings. The number of nitrogens with zero attached hydrogens (tertiary/aromatic N) is 1. The van der Waals surface area contributed by atoms with E-state index in [9.17, 15) is 4.79 Å². The van der Waals surface area contributed by atoms with Gasteiger partial charge < -0.3 is 10.2 Å². The van der Waals surface area contributed by atoms with E-state index in [0.717, 1.165) is 25.9 Å². The summed E-state index contributed by atoms with van der Waals surface area (Å²) in [5.74, 6) is 0.654. The molecule has 0 aromatic heterocycles. The van der Waals surface area contributed by atoms with Crippen LogP contribution in [0.3, 0.4) is 0 Å². The number of hydrogen-bond donors (Lipinski definition) is 1. The van der Waals surface area contributed by atoms with Gasteiger partial charge in [0.25, 0.3) is 0 Å². The number of hydrogen-bond acceptors (Lipinski definition) is 2. The highest BCUT2D eigenvalue weighted by atomic mass is 16.2. The third kappa shape index (κ3) is 4.20. The Kier molecular flexibility index (Phi) is 5.69. The molecule has 1 N–H and O–H groups in total. The van der Waals surface area contributed by atoms with E-state index in [1.54, 1.807) is 0 Å². The second-order valence-corrected chi connectivity index (χ2v) is 4.55. The number of amides is 1. The Balaban J connectivity index is 2.35. The van der Waals surface area contributed by atoms with Crippen molar-refractivity contribution < 1.29 is 4.79 Å². The van der Waals surface area contributed by atoms with Gasteiger partial charge in [-0.3, -0.25) is 4.79 Å². The minimum Gasteiger partial charge on any atom is -0.344 e. The highest BCUT2D eigenvalue weighted by molar-refractivity contribution is 5.78. The predicted molar refractivity (Wildman–Crippen MR) is 62.8 cm³/mol. The quantitative estimate of drug-likeness (QED) is 0.718. The summed E-state index contributed by atoms with van der Waals surface area (Å²) in [5.41, 5.74) is 0. The maximum absolute atomic E-state index is 12.1. The van der Waals surface area contributed by atoms with Gasteiger partial charge in [0, 0.05) is 26.1 Å². The van der Waals surface area contributed by atoms with E-state index in [1.807, 2.05) is 19.0 Å². The largest absolute Gasteiger partial charge is 0.344 e. The van der Waals surface area contributed by atoms with Crippen molar-refractivity contribution in [3.63, 3.8) is 0 Å². The monoisotopic (exact) mass is 212 g/mol. The van der Waals surface area contributed by atoms with Gasteiger partial charge in [0.2, 0.25) is 5.91 Å². The summed E-state index contributed by atoms with van der Waals surface area (Å²) in [6.07, 6.45) is 7.28. The molecule has 1 saturated carbocycles. The summed E-state index contributed by atoms with van der Waals surface area (Å²) >= 11 is 0. The number of likely N-dealkylation sites (N-methyl/N-ethyl adjacent to an activating group) is 2. The van der Waals surface area contributed by atoms with Crippen molar-refractivity contribution in [1.29, 1.82) is 0 Å². The van der Waals surface area contributed by atoms with Crippen LogP contribution in [0, 0.1) is 5.92 Å². The minimum absolute atomic E-state index is 0.300. The molecular weight excluding hydrogens is 188 g/mol. The molecule has 0 atom stereocenters. The highest BCUT2D eigenvalue weighted by Crippen LogP contribution is 2.24. The van der Waals surface area contributed by atoms with Crippen molar-refractivity contribution in [2.45, 2.75) is 38.5 Å². The van der Waals surface area contributed by atoms with Crippen molar-refractivity contribution in [3.05, 3.63) is 0 Å². The smallest absolute Gasteiger partial charge is 0.225 e. The van der Waals surface area contributed by atoms with Crippen molar-refractivity contribution in [3.8, 4) is 0 Å². The van der Waals surface area contributed by atoms with Gasteiger partial charge >= 0.3 is 0 Å². The zero-order valence-electron chi connectivity index (χ0n) is 10.1. The van der Waals surface area contributed by atoms with Gasteiger partial charge in [0.15, 0.2) is 0 Å². The fourth-order valence-corrected chi connectivity index (χ4v) is 2.23. The molecule has 0 aromatic rings. The fourth-order valence-electron chi connectivity index (χ4n) is 2.23. The average Bonchev–Trinajstić information content (AvgIpc) is 2.53. The Morgan fingerprint density at radius 3 is 2.40 bits per heavy atom. The molecule has 0 bridgehead atoms. The van der Waals surface area contributed by atoms with E-state index in [0.29, 0.717) is 11.8 Å². The highest BCUT2D eigenvalue weighted by Gasteiger charge is 2.22. The standard InChI is InChI=1S/C12H24N2O/c1-13-9-10-14(2)12(15)11-7-5-3-4-6-8-11/h11,13H,3-10H2,1-2H3. The maximum atomic E-state index is 12.1. The second kappa shape index (κ2) is 6.83. The molecule has 0 unspecified atom stereocenters. The number of carbonyl (C=O) groups excluding carboxylic acids is 1. The van der Waals surface area contributed by atoms with Gasteiger partial charge in [-0.25, -0.2) is 0 Å². The van der Waals surface area contributed by atoms with E-state index in [2.05, 4.69) is 5.32 Å². The van der Waals surface area contributed by atoms with Crippen LogP contribution >= 0.6 is 0 Å². The van der Waals surface area contributed by atoms with E-state index in [4.69, 9.17) is 0 Å². The number of carbonyl (C=O) groups is 1. The third-order valence-corrected chi connectivity index (χ3v) is 3.28. The molecule has 1 rings (SSSR count). The van der Waals surface area contributed by atoms with Crippen molar-refractivity contribution in [2.75, 3.05) is 27.2 Å². The first-order chi connectivity index (χ1) is 7.25. The lowest BCUT2D eigenvalue weighted by molar-refractivity contribution is -0.134. The Morgan fingerprint density at radius 1 is 1.27 bits per heavy atom. The third-order valence-electron chi connectivity index (χ3n) is 3.28. The van der Waals surface area contributed by atoms with Crippen molar-refractivity contribution in [2.24, 2.45) is 5.92 Å².